The van der Waals surface area contributed by atoms with Gasteiger partial charge in [-0.15, -0.1) is 0 Å². The maximum Gasteiger partial charge on any atom is 0.340 e. The Bertz CT molecular complexity index is 259. The fourth-order valence-electron chi connectivity index (χ4n) is 0.397. The number of aliphatic carboxylic acids is 1. The first kappa shape index (κ1) is 10.3. The molecule has 0 aromatic carbocycles. The average Bonchev–Trinajstić information content (AvgIpc) is 1.83. The van der Waals surface area contributed by atoms with Crippen molar-refractivity contribution in [2.75, 3.05) is 12.8 Å². The second kappa shape index (κ2) is 2.76. The maximum absolute atomic E-state index is 10.7. The van der Waals surface area contributed by atoms with Crippen molar-refractivity contribution >= 4 is 15.8 Å². The molecule has 7 heteroatoms. The number of nitrogens with two attached hydrogens (primary N) is 2. The summed E-state index contributed by atoms with van der Waals surface area (Å²) in [5.74, 6) is -1.64. The summed E-state index contributed by atoms with van der Waals surface area (Å²) in [5.41, 5.74) is 9.91. The molecule has 0 aliphatic heterocycles. The van der Waals surface area contributed by atoms with Crippen molar-refractivity contribution in [3.05, 3.63) is 0 Å². The summed E-state index contributed by atoms with van der Waals surface area (Å²) in [7, 11) is -3.86. The van der Waals surface area contributed by atoms with Crippen LogP contribution >= 0.6 is 0 Å². The lowest BCUT2D eigenvalue weighted by Gasteiger charge is -2.19. The molecule has 0 aliphatic carbocycles. The molecule has 6 nitrogen and oxygen atoms in total. The zero-order valence-electron chi connectivity index (χ0n) is 5.94. The van der Waals surface area contributed by atoms with Crippen LogP contribution in [0.2, 0.25) is 0 Å². The summed E-state index contributed by atoms with van der Waals surface area (Å²) >= 11 is 0. The molecular weight excluding hydrogens is 172 g/mol. The predicted molar refractivity (Wildman–Crippen MR) is 38.5 cm³/mol. The molecule has 0 bridgehead atoms. The van der Waals surface area contributed by atoms with E-state index in [1.165, 1.54) is 0 Å². The molecule has 0 aromatic heterocycles. The van der Waals surface area contributed by atoms with Crippen molar-refractivity contribution in [1.82, 2.24) is 0 Å². The number of carbonyl (C=O) groups is 1. The first-order valence-corrected chi connectivity index (χ1v) is 4.57. The molecule has 66 valence electrons. The van der Waals surface area contributed by atoms with Crippen molar-refractivity contribution < 1.29 is 18.3 Å². The molecule has 0 heterocycles. The highest BCUT2D eigenvalue weighted by molar-refractivity contribution is 7.92. The molecular formula is C4H10N2O4S. The number of sulfone groups is 1. The maximum atomic E-state index is 10.7. The second-order valence-electron chi connectivity index (χ2n) is 2.17. The molecule has 0 saturated carbocycles. The van der Waals surface area contributed by atoms with E-state index < -0.39 is 27.2 Å². The highest BCUT2D eigenvalue weighted by Gasteiger charge is 2.43. The van der Waals surface area contributed by atoms with E-state index in [2.05, 4.69) is 0 Å². The van der Waals surface area contributed by atoms with Gasteiger partial charge in [0.15, 0.2) is 9.84 Å². The molecule has 1 unspecified atom stereocenters. The van der Waals surface area contributed by atoms with Crippen molar-refractivity contribution in [2.45, 2.75) is 4.87 Å². The van der Waals surface area contributed by atoms with E-state index in [-0.39, 0.29) is 0 Å². The lowest BCUT2D eigenvalue weighted by Crippen LogP contribution is -2.59. The van der Waals surface area contributed by atoms with Gasteiger partial charge in [-0.25, -0.2) is 13.2 Å². The third-order valence-electron chi connectivity index (χ3n) is 1.33. The minimum absolute atomic E-state index is 0.638. The Balaban J connectivity index is 5.09. The van der Waals surface area contributed by atoms with Crippen LogP contribution in [0.4, 0.5) is 0 Å². The molecule has 1 atom stereocenters. The first-order valence-electron chi connectivity index (χ1n) is 2.67. The minimum Gasteiger partial charge on any atom is -0.479 e. The number of hydrogen-bond acceptors (Lipinski definition) is 5. The predicted octanol–water partition coefficient (Wildman–Crippen LogP) is -2.27. The second-order valence-corrected chi connectivity index (χ2v) is 4.44. The van der Waals surface area contributed by atoms with Crippen LogP contribution in [0.3, 0.4) is 0 Å². The van der Waals surface area contributed by atoms with E-state index in [9.17, 15) is 13.2 Å². The topological polar surface area (TPSA) is 123 Å². The van der Waals surface area contributed by atoms with Gasteiger partial charge in [-0.1, -0.05) is 0 Å². The van der Waals surface area contributed by atoms with Gasteiger partial charge in [0.25, 0.3) is 0 Å². The van der Waals surface area contributed by atoms with E-state index in [1.807, 2.05) is 0 Å². The molecule has 5 N–H and O–H groups in total. The van der Waals surface area contributed by atoms with Gasteiger partial charge in [0.05, 0.1) is 0 Å². The highest BCUT2D eigenvalue weighted by atomic mass is 32.2. The van der Waals surface area contributed by atoms with Crippen LogP contribution < -0.4 is 11.5 Å². The van der Waals surface area contributed by atoms with Crippen LogP contribution in [-0.4, -0.2) is 37.2 Å². The molecule has 0 amide bonds. The fourth-order valence-corrected chi connectivity index (χ4v) is 1.02. The van der Waals surface area contributed by atoms with Gasteiger partial charge < -0.3 is 16.6 Å². The fraction of sp³-hybridized carbons (Fsp3) is 0.750. The zero-order chi connectivity index (χ0) is 9.28. The quantitative estimate of drug-likeness (QED) is 0.452. The summed E-state index contributed by atoms with van der Waals surface area (Å²) in [5, 5.41) is 8.38. The largest absolute Gasteiger partial charge is 0.479 e. The molecule has 0 aromatic rings. The van der Waals surface area contributed by atoms with E-state index >= 15 is 0 Å². The molecule has 0 aliphatic rings. The molecule has 0 fully saturated rings. The Morgan fingerprint density at radius 3 is 2.00 bits per heavy atom. The van der Waals surface area contributed by atoms with Crippen LogP contribution in [-0.2, 0) is 14.6 Å². The lowest BCUT2D eigenvalue weighted by molar-refractivity contribution is -0.139. The summed E-state index contributed by atoms with van der Waals surface area (Å²) in [6, 6.07) is 0. The zero-order valence-corrected chi connectivity index (χ0v) is 6.76. The van der Waals surface area contributed by atoms with Gasteiger partial charge in [-0.2, -0.15) is 0 Å². The monoisotopic (exact) mass is 182 g/mol. The Labute approximate surface area is 64.1 Å². The van der Waals surface area contributed by atoms with Gasteiger partial charge in [-0.3, -0.25) is 0 Å². The van der Waals surface area contributed by atoms with Crippen LogP contribution in [0.25, 0.3) is 0 Å². The van der Waals surface area contributed by atoms with Gasteiger partial charge in [0.2, 0.25) is 4.87 Å². The first-order chi connectivity index (χ1) is 4.75. The normalized spacial score (nSPS) is 17.4. The molecule has 0 spiro atoms. The smallest absolute Gasteiger partial charge is 0.340 e. The molecule has 11 heavy (non-hydrogen) atoms. The van der Waals surface area contributed by atoms with Gasteiger partial charge >= 0.3 is 5.97 Å². The van der Waals surface area contributed by atoms with Crippen LogP contribution in [0, 0.1) is 0 Å². The third kappa shape index (κ3) is 1.67. The van der Waals surface area contributed by atoms with Gasteiger partial charge in [0.1, 0.15) is 0 Å². The molecule has 0 rings (SSSR count). The summed E-state index contributed by atoms with van der Waals surface area (Å²) in [6.07, 6.45) is 0.730. The van der Waals surface area contributed by atoms with E-state index in [1.54, 1.807) is 0 Å². The average molecular weight is 182 g/mol. The number of hydrogen-bond donors (Lipinski definition) is 3. The summed E-state index contributed by atoms with van der Waals surface area (Å²) < 4.78 is 21.5. The number of carboxylic acids is 1. The SMILES string of the molecule is CS(=O)(=O)C(N)(CN)C(=O)O. The van der Waals surface area contributed by atoms with Crippen molar-refractivity contribution in [2.24, 2.45) is 11.5 Å². The standard InChI is InChI=1S/C4H10N2O4S/c1-11(9,10)4(6,2-5)3(7)8/h2,5-6H2,1H3,(H,7,8). The van der Waals surface area contributed by atoms with Crippen molar-refractivity contribution in [3.63, 3.8) is 0 Å². The Hall–Kier alpha value is -0.660. The summed E-state index contributed by atoms with van der Waals surface area (Å²) in [4.78, 5) is 7.96. The Morgan fingerprint density at radius 1 is 1.64 bits per heavy atom. The summed E-state index contributed by atoms with van der Waals surface area (Å²) in [6.45, 7) is -0.638. The van der Waals surface area contributed by atoms with E-state index in [4.69, 9.17) is 16.6 Å². The van der Waals surface area contributed by atoms with Gasteiger partial charge in [-0.05, 0) is 0 Å². The van der Waals surface area contributed by atoms with E-state index in [0.29, 0.717) is 0 Å². The lowest BCUT2D eigenvalue weighted by atomic mass is 10.3. The Morgan fingerprint density at radius 2 is 2.00 bits per heavy atom. The van der Waals surface area contributed by atoms with Crippen molar-refractivity contribution in [3.8, 4) is 0 Å². The molecule has 0 radical (unpaired) electrons. The van der Waals surface area contributed by atoms with Crippen molar-refractivity contribution in [1.29, 1.82) is 0 Å². The number of rotatable bonds is 3. The highest BCUT2D eigenvalue weighted by Crippen LogP contribution is 2.06. The Kier molecular flexibility index (Phi) is 2.60. The van der Waals surface area contributed by atoms with Crippen LogP contribution in [0.5, 0.6) is 0 Å². The van der Waals surface area contributed by atoms with Gasteiger partial charge in [0, 0.05) is 12.8 Å². The third-order valence-corrected chi connectivity index (χ3v) is 2.99. The van der Waals surface area contributed by atoms with Crippen LogP contribution in [0.15, 0.2) is 0 Å². The molecule has 0 saturated heterocycles. The minimum atomic E-state index is -3.86. The number of carboxylic acid groups (broad SMARTS) is 1. The van der Waals surface area contributed by atoms with E-state index in [0.717, 1.165) is 6.26 Å². The van der Waals surface area contributed by atoms with Crippen LogP contribution in [0.1, 0.15) is 0 Å².